The lowest BCUT2D eigenvalue weighted by Gasteiger charge is -2.24. The Kier molecular flexibility index (Phi) is 4.98. The molecule has 21 heavy (non-hydrogen) atoms. The maximum absolute atomic E-state index is 12.4. The van der Waals surface area contributed by atoms with Gasteiger partial charge in [0.2, 0.25) is 5.91 Å². The summed E-state index contributed by atoms with van der Waals surface area (Å²) in [6, 6.07) is 7.14. The van der Waals surface area contributed by atoms with Crippen molar-refractivity contribution < 1.29 is 19.4 Å². The average Bonchev–Trinajstić information content (AvgIpc) is 2.49. The number of carboxylic acid groups (broad SMARTS) is 1. The van der Waals surface area contributed by atoms with Gasteiger partial charge in [-0.25, -0.2) is 0 Å². The number of para-hydroxylation sites is 2. The highest BCUT2D eigenvalue weighted by Crippen LogP contribution is 2.29. The Morgan fingerprint density at radius 3 is 2.57 bits per heavy atom. The van der Waals surface area contributed by atoms with Gasteiger partial charge in [0.05, 0.1) is 24.1 Å². The average molecular weight is 289 g/mol. The summed E-state index contributed by atoms with van der Waals surface area (Å²) in [6.45, 7) is 2.36. The number of benzene rings is 1. The fourth-order valence-electron chi connectivity index (χ4n) is 2.45. The van der Waals surface area contributed by atoms with Crippen LogP contribution in [0.1, 0.15) is 19.8 Å². The maximum atomic E-state index is 12.4. The quantitative estimate of drug-likeness (QED) is 0.817. The highest BCUT2D eigenvalue weighted by Gasteiger charge is 2.34. The van der Waals surface area contributed by atoms with E-state index in [0.717, 1.165) is 0 Å². The minimum atomic E-state index is -0.933. The molecule has 0 saturated carbocycles. The van der Waals surface area contributed by atoms with Crippen molar-refractivity contribution in [2.75, 3.05) is 11.9 Å². The zero-order valence-corrected chi connectivity index (χ0v) is 11.9. The molecular formula is C16H19NO4. The fraction of sp³-hybridized carbons (Fsp3) is 0.375. The van der Waals surface area contributed by atoms with Gasteiger partial charge in [0.25, 0.3) is 0 Å². The van der Waals surface area contributed by atoms with Crippen molar-refractivity contribution in [3.05, 3.63) is 36.4 Å². The number of carboxylic acids is 1. The Labute approximate surface area is 123 Å². The first-order valence-corrected chi connectivity index (χ1v) is 7.04. The first-order valence-electron chi connectivity index (χ1n) is 7.04. The molecule has 5 nitrogen and oxygen atoms in total. The Balaban J connectivity index is 2.14. The Morgan fingerprint density at radius 2 is 1.90 bits per heavy atom. The largest absolute Gasteiger partial charge is 0.492 e. The van der Waals surface area contributed by atoms with E-state index < -0.39 is 17.8 Å². The van der Waals surface area contributed by atoms with Crippen LogP contribution in [0.25, 0.3) is 0 Å². The highest BCUT2D eigenvalue weighted by molar-refractivity contribution is 5.96. The van der Waals surface area contributed by atoms with Gasteiger partial charge in [-0.2, -0.15) is 0 Å². The number of hydrogen-bond acceptors (Lipinski definition) is 3. The lowest BCUT2D eigenvalue weighted by atomic mass is 9.82. The Hall–Kier alpha value is -2.30. The first-order chi connectivity index (χ1) is 10.1. The molecule has 0 spiro atoms. The summed E-state index contributed by atoms with van der Waals surface area (Å²) in [5, 5.41) is 12.0. The van der Waals surface area contributed by atoms with Gasteiger partial charge in [0, 0.05) is 0 Å². The summed E-state index contributed by atoms with van der Waals surface area (Å²) >= 11 is 0. The standard InChI is InChI=1S/C16H19NO4/c1-2-21-14-10-6-5-9-13(14)17-15(18)11-7-3-4-8-12(11)16(19)20/h3-6,9-12H,2,7-8H2,1H3,(H,17,18)(H,19,20)/t11-,12+/m1/s1. The molecule has 0 radical (unpaired) electrons. The van der Waals surface area contributed by atoms with Gasteiger partial charge >= 0.3 is 5.97 Å². The molecule has 0 heterocycles. The van der Waals surface area contributed by atoms with Crippen LogP contribution in [-0.4, -0.2) is 23.6 Å². The molecule has 0 aliphatic heterocycles. The monoisotopic (exact) mass is 289 g/mol. The summed E-state index contributed by atoms with van der Waals surface area (Å²) in [5.74, 6) is -1.85. The predicted molar refractivity (Wildman–Crippen MR) is 79.2 cm³/mol. The van der Waals surface area contributed by atoms with Crippen LogP contribution >= 0.6 is 0 Å². The normalized spacial score (nSPS) is 20.8. The van der Waals surface area contributed by atoms with E-state index in [0.29, 0.717) is 30.9 Å². The van der Waals surface area contributed by atoms with Crippen molar-refractivity contribution >= 4 is 17.6 Å². The smallest absolute Gasteiger partial charge is 0.307 e. The van der Waals surface area contributed by atoms with Gasteiger partial charge in [-0.1, -0.05) is 24.3 Å². The van der Waals surface area contributed by atoms with Crippen LogP contribution in [0.4, 0.5) is 5.69 Å². The molecular weight excluding hydrogens is 270 g/mol. The summed E-state index contributed by atoms with van der Waals surface area (Å²) < 4.78 is 5.45. The number of nitrogens with one attached hydrogen (secondary N) is 1. The highest BCUT2D eigenvalue weighted by atomic mass is 16.5. The molecule has 1 aromatic rings. The number of amides is 1. The number of rotatable bonds is 5. The van der Waals surface area contributed by atoms with E-state index in [2.05, 4.69) is 5.32 Å². The van der Waals surface area contributed by atoms with Gasteiger partial charge in [-0.3, -0.25) is 9.59 Å². The van der Waals surface area contributed by atoms with Gasteiger partial charge in [-0.15, -0.1) is 0 Å². The number of ether oxygens (including phenoxy) is 1. The molecule has 5 heteroatoms. The van der Waals surface area contributed by atoms with E-state index in [1.54, 1.807) is 18.2 Å². The van der Waals surface area contributed by atoms with Gasteiger partial charge in [-0.05, 0) is 31.9 Å². The van der Waals surface area contributed by atoms with Crippen LogP contribution in [0, 0.1) is 11.8 Å². The van der Waals surface area contributed by atoms with Gasteiger partial charge in [0.1, 0.15) is 5.75 Å². The number of aliphatic carboxylic acids is 1. The van der Waals surface area contributed by atoms with Crippen molar-refractivity contribution in [2.24, 2.45) is 11.8 Å². The van der Waals surface area contributed by atoms with Crippen LogP contribution in [0.15, 0.2) is 36.4 Å². The molecule has 0 unspecified atom stereocenters. The van der Waals surface area contributed by atoms with Crippen LogP contribution < -0.4 is 10.1 Å². The van der Waals surface area contributed by atoms with E-state index in [9.17, 15) is 14.7 Å². The lowest BCUT2D eigenvalue weighted by Crippen LogP contribution is -2.34. The number of carbonyl (C=O) groups excluding carboxylic acids is 1. The van der Waals surface area contributed by atoms with E-state index in [1.165, 1.54) is 0 Å². The summed E-state index contributed by atoms with van der Waals surface area (Å²) in [5.41, 5.74) is 0.572. The number of anilines is 1. The predicted octanol–water partition coefficient (Wildman–Crippen LogP) is 2.69. The Morgan fingerprint density at radius 1 is 1.24 bits per heavy atom. The van der Waals surface area contributed by atoms with E-state index in [1.807, 2.05) is 25.1 Å². The maximum Gasteiger partial charge on any atom is 0.307 e. The molecule has 1 aliphatic carbocycles. The molecule has 1 aromatic carbocycles. The zero-order valence-electron chi connectivity index (χ0n) is 11.9. The summed E-state index contributed by atoms with van der Waals surface area (Å²) in [6.07, 6.45) is 4.51. The number of allylic oxidation sites excluding steroid dienone is 2. The topological polar surface area (TPSA) is 75.6 Å². The molecule has 1 amide bonds. The lowest BCUT2D eigenvalue weighted by molar-refractivity contribution is -0.146. The minimum absolute atomic E-state index is 0.279. The minimum Gasteiger partial charge on any atom is -0.492 e. The second kappa shape index (κ2) is 6.92. The molecule has 2 N–H and O–H groups in total. The van der Waals surface area contributed by atoms with Crippen LogP contribution in [0.2, 0.25) is 0 Å². The van der Waals surface area contributed by atoms with Gasteiger partial charge in [0.15, 0.2) is 0 Å². The summed E-state index contributed by atoms with van der Waals surface area (Å²) in [7, 11) is 0. The molecule has 112 valence electrons. The number of hydrogen-bond donors (Lipinski definition) is 2. The molecule has 0 bridgehead atoms. The molecule has 1 aliphatic rings. The molecule has 0 saturated heterocycles. The van der Waals surface area contributed by atoms with Crippen LogP contribution in [0.5, 0.6) is 5.75 Å². The zero-order chi connectivity index (χ0) is 15.2. The SMILES string of the molecule is CCOc1ccccc1NC(=O)[C@@H]1CC=CC[C@@H]1C(=O)O. The van der Waals surface area contributed by atoms with E-state index in [-0.39, 0.29) is 5.91 Å². The van der Waals surface area contributed by atoms with Crippen molar-refractivity contribution in [1.82, 2.24) is 0 Å². The third kappa shape index (κ3) is 3.62. The number of carbonyl (C=O) groups is 2. The van der Waals surface area contributed by atoms with Crippen LogP contribution in [-0.2, 0) is 9.59 Å². The fourth-order valence-corrected chi connectivity index (χ4v) is 2.45. The molecule has 2 atom stereocenters. The molecule has 0 aromatic heterocycles. The van der Waals surface area contributed by atoms with Crippen molar-refractivity contribution in [1.29, 1.82) is 0 Å². The first kappa shape index (κ1) is 15.1. The van der Waals surface area contributed by atoms with E-state index >= 15 is 0 Å². The van der Waals surface area contributed by atoms with E-state index in [4.69, 9.17) is 4.74 Å². The third-order valence-electron chi connectivity index (χ3n) is 3.53. The third-order valence-corrected chi connectivity index (χ3v) is 3.53. The van der Waals surface area contributed by atoms with Gasteiger partial charge < -0.3 is 15.2 Å². The Bertz CT molecular complexity index is 553. The van der Waals surface area contributed by atoms with Crippen molar-refractivity contribution in [3.8, 4) is 5.75 Å². The molecule has 2 rings (SSSR count). The second-order valence-electron chi connectivity index (χ2n) is 4.91. The second-order valence-corrected chi connectivity index (χ2v) is 4.91. The van der Waals surface area contributed by atoms with Crippen molar-refractivity contribution in [3.63, 3.8) is 0 Å². The van der Waals surface area contributed by atoms with Crippen molar-refractivity contribution in [2.45, 2.75) is 19.8 Å². The molecule has 0 fully saturated rings. The summed E-state index contributed by atoms with van der Waals surface area (Å²) in [4.78, 5) is 23.6. The van der Waals surface area contributed by atoms with Crippen LogP contribution in [0.3, 0.4) is 0 Å².